The Balaban J connectivity index is 1.53. The second kappa shape index (κ2) is 7.57. The molecule has 0 N–H and O–H groups in total. The van der Waals surface area contributed by atoms with Crippen LogP contribution in [0.4, 0.5) is 20.2 Å². The van der Waals surface area contributed by atoms with Crippen LogP contribution >= 0.6 is 0 Å². The smallest absolute Gasteiger partial charge is 0.272 e. The van der Waals surface area contributed by atoms with Crippen LogP contribution in [0.1, 0.15) is 18.4 Å². The Morgan fingerprint density at radius 3 is 2.40 bits per heavy atom. The number of anilines is 1. The molecule has 7 heteroatoms. The summed E-state index contributed by atoms with van der Waals surface area (Å²) in [4.78, 5) is 11.9. The van der Waals surface area contributed by atoms with Gasteiger partial charge in [-0.2, -0.15) is 0 Å². The van der Waals surface area contributed by atoms with Crippen molar-refractivity contribution in [1.82, 2.24) is 0 Å². The number of benzene rings is 2. The molecular formula is C18H18F2N2O3. The lowest BCUT2D eigenvalue weighted by molar-refractivity contribution is -0.385. The maximum Gasteiger partial charge on any atom is 0.272 e. The molecule has 1 aliphatic rings. The fourth-order valence-corrected chi connectivity index (χ4v) is 2.92. The fraction of sp³-hybridized carbons (Fsp3) is 0.333. The maximum absolute atomic E-state index is 14.1. The van der Waals surface area contributed by atoms with E-state index in [0.717, 1.165) is 24.5 Å². The minimum absolute atomic E-state index is 0.0578. The summed E-state index contributed by atoms with van der Waals surface area (Å²) in [6.07, 6.45) is 1.53. The van der Waals surface area contributed by atoms with Crippen LogP contribution in [0.25, 0.3) is 0 Å². The Hall–Kier alpha value is -2.54. The molecule has 3 rings (SSSR count). The zero-order valence-corrected chi connectivity index (χ0v) is 13.5. The van der Waals surface area contributed by atoms with Gasteiger partial charge < -0.3 is 9.64 Å². The molecule has 2 aromatic rings. The predicted octanol–water partition coefficient (Wildman–Crippen LogP) is 4.06. The fourth-order valence-electron chi connectivity index (χ4n) is 2.92. The summed E-state index contributed by atoms with van der Waals surface area (Å²) >= 11 is 0. The predicted molar refractivity (Wildman–Crippen MR) is 89.5 cm³/mol. The lowest BCUT2D eigenvalue weighted by Gasteiger charge is -2.33. The number of piperidine rings is 1. The van der Waals surface area contributed by atoms with Crippen molar-refractivity contribution in [3.63, 3.8) is 0 Å². The van der Waals surface area contributed by atoms with Crippen molar-refractivity contribution in [3.8, 4) is 0 Å². The number of hydrogen-bond donors (Lipinski definition) is 0. The van der Waals surface area contributed by atoms with Crippen LogP contribution in [0, 0.1) is 21.7 Å². The van der Waals surface area contributed by atoms with E-state index in [4.69, 9.17) is 4.74 Å². The first-order chi connectivity index (χ1) is 12.0. The molecule has 0 spiro atoms. The number of nitro benzene ring substituents is 1. The second-order valence-electron chi connectivity index (χ2n) is 6.02. The van der Waals surface area contributed by atoms with Crippen LogP contribution in [0.5, 0.6) is 0 Å². The average molecular weight is 348 g/mol. The SMILES string of the molecule is O=[N+]([O-])c1ccc(N2CCC(OCc3ccc(F)cc3)CC2)c(F)c1. The van der Waals surface area contributed by atoms with E-state index in [0.29, 0.717) is 25.4 Å². The molecule has 1 heterocycles. The van der Waals surface area contributed by atoms with Gasteiger partial charge in [0, 0.05) is 19.2 Å². The van der Waals surface area contributed by atoms with Crippen LogP contribution in [0.15, 0.2) is 42.5 Å². The van der Waals surface area contributed by atoms with Gasteiger partial charge in [0.15, 0.2) is 5.82 Å². The minimum atomic E-state index is -0.609. The summed E-state index contributed by atoms with van der Waals surface area (Å²) in [5.41, 5.74) is 1.03. The molecule has 0 amide bonds. The van der Waals surface area contributed by atoms with Gasteiger partial charge in [-0.1, -0.05) is 12.1 Å². The van der Waals surface area contributed by atoms with Gasteiger partial charge in [-0.3, -0.25) is 10.1 Å². The van der Waals surface area contributed by atoms with Crippen molar-refractivity contribution < 1.29 is 18.4 Å². The number of halogens is 2. The molecule has 2 aromatic carbocycles. The van der Waals surface area contributed by atoms with E-state index in [2.05, 4.69) is 0 Å². The Labute approximate surface area is 144 Å². The molecule has 0 unspecified atom stereocenters. The van der Waals surface area contributed by atoms with Crippen LogP contribution in [0.2, 0.25) is 0 Å². The highest BCUT2D eigenvalue weighted by molar-refractivity contribution is 5.52. The van der Waals surface area contributed by atoms with Crippen LogP contribution < -0.4 is 4.90 Å². The standard InChI is InChI=1S/C18H18F2N2O3/c19-14-3-1-13(2-4-14)12-25-16-7-9-21(10-8-16)18-6-5-15(22(23)24)11-17(18)20/h1-6,11,16H,7-10,12H2. The topological polar surface area (TPSA) is 55.6 Å². The number of hydrogen-bond acceptors (Lipinski definition) is 4. The van der Waals surface area contributed by atoms with Gasteiger partial charge >= 0.3 is 0 Å². The molecule has 0 radical (unpaired) electrons. The lowest BCUT2D eigenvalue weighted by Crippen LogP contribution is -2.37. The average Bonchev–Trinajstić information content (AvgIpc) is 2.62. The molecular weight excluding hydrogens is 330 g/mol. The summed E-state index contributed by atoms with van der Waals surface area (Å²) in [5, 5.41) is 10.7. The molecule has 5 nitrogen and oxygen atoms in total. The van der Waals surface area contributed by atoms with Gasteiger partial charge in [0.25, 0.3) is 5.69 Å². The van der Waals surface area contributed by atoms with Crippen molar-refractivity contribution in [2.45, 2.75) is 25.6 Å². The molecule has 1 aliphatic heterocycles. The highest BCUT2D eigenvalue weighted by atomic mass is 19.1. The Kier molecular flexibility index (Phi) is 5.23. The van der Waals surface area contributed by atoms with Gasteiger partial charge in [-0.05, 0) is 36.6 Å². The van der Waals surface area contributed by atoms with Gasteiger partial charge in [-0.15, -0.1) is 0 Å². The van der Waals surface area contributed by atoms with E-state index in [1.807, 2.05) is 4.90 Å². The Bertz CT molecular complexity index is 744. The molecule has 1 fully saturated rings. The van der Waals surface area contributed by atoms with Crippen LogP contribution in [0.3, 0.4) is 0 Å². The molecule has 132 valence electrons. The summed E-state index contributed by atoms with van der Waals surface area (Å²) in [6, 6.07) is 9.90. The van der Waals surface area contributed by atoms with E-state index >= 15 is 0 Å². The number of ether oxygens (including phenoxy) is 1. The molecule has 0 bridgehead atoms. The lowest BCUT2D eigenvalue weighted by atomic mass is 10.1. The molecule has 0 saturated carbocycles. The molecule has 0 aliphatic carbocycles. The van der Waals surface area contributed by atoms with E-state index in [1.54, 1.807) is 12.1 Å². The highest BCUT2D eigenvalue weighted by Gasteiger charge is 2.23. The van der Waals surface area contributed by atoms with Gasteiger partial charge in [0.1, 0.15) is 5.82 Å². The normalized spacial score (nSPS) is 15.4. The first-order valence-corrected chi connectivity index (χ1v) is 8.08. The number of rotatable bonds is 5. The van der Waals surface area contributed by atoms with Crippen molar-refractivity contribution in [2.75, 3.05) is 18.0 Å². The number of nitro groups is 1. The quantitative estimate of drug-likeness (QED) is 0.604. The van der Waals surface area contributed by atoms with Crippen LogP contribution in [-0.2, 0) is 11.3 Å². The van der Waals surface area contributed by atoms with Crippen molar-refractivity contribution >= 4 is 11.4 Å². The van der Waals surface area contributed by atoms with Crippen molar-refractivity contribution in [2.24, 2.45) is 0 Å². The number of nitrogens with zero attached hydrogens (tertiary/aromatic N) is 2. The first kappa shape index (κ1) is 17.3. The first-order valence-electron chi connectivity index (χ1n) is 8.08. The van der Waals surface area contributed by atoms with E-state index in [9.17, 15) is 18.9 Å². The van der Waals surface area contributed by atoms with Gasteiger partial charge in [0.05, 0.1) is 29.4 Å². The van der Waals surface area contributed by atoms with E-state index < -0.39 is 10.7 Å². The molecule has 0 aromatic heterocycles. The minimum Gasteiger partial charge on any atom is -0.373 e. The van der Waals surface area contributed by atoms with E-state index in [-0.39, 0.29) is 17.6 Å². The molecule has 25 heavy (non-hydrogen) atoms. The van der Waals surface area contributed by atoms with Gasteiger partial charge in [0.2, 0.25) is 0 Å². The summed E-state index contributed by atoms with van der Waals surface area (Å²) in [7, 11) is 0. The Morgan fingerprint density at radius 1 is 1.12 bits per heavy atom. The monoisotopic (exact) mass is 348 g/mol. The third kappa shape index (κ3) is 4.30. The zero-order chi connectivity index (χ0) is 17.8. The summed E-state index contributed by atoms with van der Waals surface area (Å²) in [5.74, 6) is -0.859. The van der Waals surface area contributed by atoms with Crippen molar-refractivity contribution in [3.05, 3.63) is 69.8 Å². The third-order valence-electron chi connectivity index (χ3n) is 4.32. The van der Waals surface area contributed by atoms with E-state index in [1.165, 1.54) is 24.3 Å². The van der Waals surface area contributed by atoms with Crippen molar-refractivity contribution in [1.29, 1.82) is 0 Å². The second-order valence-corrected chi connectivity index (χ2v) is 6.02. The van der Waals surface area contributed by atoms with Crippen LogP contribution in [-0.4, -0.2) is 24.1 Å². The summed E-state index contributed by atoms with van der Waals surface area (Å²) < 4.78 is 32.8. The molecule has 0 atom stereocenters. The third-order valence-corrected chi connectivity index (χ3v) is 4.32. The molecule has 1 saturated heterocycles. The largest absolute Gasteiger partial charge is 0.373 e. The summed E-state index contributed by atoms with van der Waals surface area (Å²) in [6.45, 7) is 1.64. The zero-order valence-electron chi connectivity index (χ0n) is 13.5. The maximum atomic E-state index is 14.1. The number of non-ortho nitro benzene ring substituents is 1. The Morgan fingerprint density at radius 2 is 1.80 bits per heavy atom. The highest BCUT2D eigenvalue weighted by Crippen LogP contribution is 2.27. The van der Waals surface area contributed by atoms with Gasteiger partial charge in [-0.25, -0.2) is 8.78 Å².